The van der Waals surface area contributed by atoms with Crippen molar-refractivity contribution in [3.05, 3.63) is 65.2 Å². The Morgan fingerprint density at radius 3 is 2.61 bits per heavy atom. The minimum atomic E-state index is -0.693. The molecule has 0 saturated carbocycles. The molecule has 2 N–H and O–H groups in total. The van der Waals surface area contributed by atoms with E-state index in [9.17, 15) is 4.39 Å². The summed E-state index contributed by atoms with van der Waals surface area (Å²) in [5, 5.41) is 0. The lowest BCUT2D eigenvalue weighted by Crippen LogP contribution is -2.37. The van der Waals surface area contributed by atoms with E-state index in [1.807, 2.05) is 26.0 Å². The van der Waals surface area contributed by atoms with Crippen LogP contribution in [0.15, 0.2) is 42.7 Å². The maximum Gasteiger partial charge on any atom is 0.123 e. The maximum absolute atomic E-state index is 13.4. The van der Waals surface area contributed by atoms with Gasteiger partial charge in [-0.15, -0.1) is 0 Å². The highest BCUT2D eigenvalue weighted by atomic mass is 19.1. The average molecular weight is 244 g/mol. The summed E-state index contributed by atoms with van der Waals surface area (Å²) in [6.07, 6.45) is 4.22. The molecule has 94 valence electrons. The summed E-state index contributed by atoms with van der Waals surface area (Å²) in [6.45, 7) is 3.96. The molecule has 0 fully saturated rings. The molecular weight excluding hydrogens is 227 g/mol. The van der Waals surface area contributed by atoms with Crippen molar-refractivity contribution in [3.63, 3.8) is 0 Å². The van der Waals surface area contributed by atoms with Crippen LogP contribution in [0.3, 0.4) is 0 Å². The van der Waals surface area contributed by atoms with Crippen molar-refractivity contribution in [2.24, 2.45) is 5.73 Å². The summed E-state index contributed by atoms with van der Waals surface area (Å²) < 4.78 is 13.4. The van der Waals surface area contributed by atoms with Gasteiger partial charge in [-0.2, -0.15) is 0 Å². The highest BCUT2D eigenvalue weighted by molar-refractivity contribution is 5.37. The quantitative estimate of drug-likeness (QED) is 0.900. The van der Waals surface area contributed by atoms with Gasteiger partial charge in [0.05, 0.1) is 5.54 Å². The van der Waals surface area contributed by atoms with Crippen molar-refractivity contribution < 1.29 is 4.39 Å². The molecule has 2 rings (SSSR count). The van der Waals surface area contributed by atoms with Gasteiger partial charge in [0.2, 0.25) is 0 Å². The molecule has 2 aromatic rings. The second kappa shape index (κ2) is 4.86. The van der Waals surface area contributed by atoms with Crippen LogP contribution in [0.25, 0.3) is 0 Å². The third-order valence-corrected chi connectivity index (χ3v) is 3.29. The van der Waals surface area contributed by atoms with Gasteiger partial charge in [-0.25, -0.2) is 4.39 Å². The zero-order valence-corrected chi connectivity index (χ0v) is 10.7. The van der Waals surface area contributed by atoms with Crippen molar-refractivity contribution in [3.8, 4) is 0 Å². The summed E-state index contributed by atoms with van der Waals surface area (Å²) in [4.78, 5) is 4.17. The fraction of sp³-hybridized carbons (Fsp3) is 0.267. The lowest BCUT2D eigenvalue weighted by Gasteiger charge is -2.29. The molecule has 0 bridgehead atoms. The lowest BCUT2D eigenvalue weighted by atomic mass is 9.82. The molecule has 0 aliphatic rings. The average Bonchev–Trinajstić information content (AvgIpc) is 2.38. The van der Waals surface area contributed by atoms with E-state index in [1.54, 1.807) is 18.5 Å². The fourth-order valence-corrected chi connectivity index (χ4v) is 2.14. The molecular formula is C15H17FN2. The number of nitrogens with two attached hydrogens (primary N) is 1. The first-order chi connectivity index (χ1) is 8.56. The first-order valence-corrected chi connectivity index (χ1v) is 6.03. The molecule has 0 amide bonds. The van der Waals surface area contributed by atoms with Crippen LogP contribution in [-0.4, -0.2) is 4.98 Å². The normalized spacial score (nSPS) is 14.2. The van der Waals surface area contributed by atoms with Gasteiger partial charge in [-0.05, 0) is 42.2 Å². The number of aryl methyl sites for hydroxylation is 1. The van der Waals surface area contributed by atoms with Crippen LogP contribution in [-0.2, 0) is 5.54 Å². The van der Waals surface area contributed by atoms with Crippen LogP contribution in [0.1, 0.15) is 30.0 Å². The lowest BCUT2D eigenvalue weighted by molar-refractivity contribution is 0.510. The van der Waals surface area contributed by atoms with E-state index in [-0.39, 0.29) is 5.82 Å². The number of benzene rings is 1. The SMILES string of the molecule is CCC(N)(c1cncc(C)c1)c1cccc(F)c1. The highest BCUT2D eigenvalue weighted by Crippen LogP contribution is 2.30. The zero-order chi connectivity index (χ0) is 13.2. The molecule has 1 aromatic heterocycles. The van der Waals surface area contributed by atoms with Crippen LogP contribution in [0, 0.1) is 12.7 Å². The van der Waals surface area contributed by atoms with Gasteiger partial charge in [0.1, 0.15) is 5.82 Å². The molecule has 0 aliphatic carbocycles. The van der Waals surface area contributed by atoms with Crippen LogP contribution in [0.5, 0.6) is 0 Å². The van der Waals surface area contributed by atoms with Gasteiger partial charge < -0.3 is 5.73 Å². The number of nitrogens with zero attached hydrogens (tertiary/aromatic N) is 1. The molecule has 0 spiro atoms. The van der Waals surface area contributed by atoms with E-state index in [4.69, 9.17) is 5.73 Å². The third kappa shape index (κ3) is 2.27. The smallest absolute Gasteiger partial charge is 0.123 e. The largest absolute Gasteiger partial charge is 0.318 e. The molecule has 0 radical (unpaired) electrons. The van der Waals surface area contributed by atoms with Gasteiger partial charge in [0.25, 0.3) is 0 Å². The number of pyridine rings is 1. The third-order valence-electron chi connectivity index (χ3n) is 3.29. The Hall–Kier alpha value is -1.74. The van der Waals surface area contributed by atoms with Crippen LogP contribution in [0.4, 0.5) is 4.39 Å². The molecule has 0 aliphatic heterocycles. The monoisotopic (exact) mass is 244 g/mol. The summed E-state index contributed by atoms with van der Waals surface area (Å²) >= 11 is 0. The highest BCUT2D eigenvalue weighted by Gasteiger charge is 2.28. The van der Waals surface area contributed by atoms with Crippen LogP contribution < -0.4 is 5.73 Å². The summed E-state index contributed by atoms with van der Waals surface area (Å²) in [5.74, 6) is -0.267. The Labute approximate surface area is 107 Å². The van der Waals surface area contributed by atoms with E-state index in [2.05, 4.69) is 4.98 Å². The van der Waals surface area contributed by atoms with Gasteiger partial charge in [-0.3, -0.25) is 4.98 Å². The Bertz CT molecular complexity index is 506. The number of aromatic nitrogens is 1. The zero-order valence-electron chi connectivity index (χ0n) is 10.7. The molecule has 1 aromatic carbocycles. The minimum Gasteiger partial charge on any atom is -0.318 e. The van der Waals surface area contributed by atoms with E-state index in [1.165, 1.54) is 12.1 Å². The van der Waals surface area contributed by atoms with E-state index < -0.39 is 5.54 Å². The van der Waals surface area contributed by atoms with Crippen molar-refractivity contribution in [2.75, 3.05) is 0 Å². The Kier molecular flexibility index (Phi) is 3.43. The molecule has 1 atom stereocenters. The second-order valence-corrected chi connectivity index (χ2v) is 4.59. The van der Waals surface area contributed by atoms with Gasteiger partial charge in [0.15, 0.2) is 0 Å². The Morgan fingerprint density at radius 1 is 1.22 bits per heavy atom. The second-order valence-electron chi connectivity index (χ2n) is 4.59. The van der Waals surface area contributed by atoms with E-state index in [0.717, 1.165) is 16.7 Å². The number of rotatable bonds is 3. The van der Waals surface area contributed by atoms with E-state index in [0.29, 0.717) is 6.42 Å². The van der Waals surface area contributed by atoms with Crippen molar-refractivity contribution in [2.45, 2.75) is 25.8 Å². The van der Waals surface area contributed by atoms with Gasteiger partial charge in [-0.1, -0.05) is 25.1 Å². The van der Waals surface area contributed by atoms with Crippen molar-refractivity contribution in [1.29, 1.82) is 0 Å². The predicted octanol–water partition coefficient (Wildman–Crippen LogP) is 3.14. The summed E-state index contributed by atoms with van der Waals surface area (Å²) in [7, 11) is 0. The summed E-state index contributed by atoms with van der Waals surface area (Å²) in [5.41, 5.74) is 8.51. The molecule has 1 heterocycles. The van der Waals surface area contributed by atoms with Gasteiger partial charge >= 0.3 is 0 Å². The van der Waals surface area contributed by atoms with Crippen molar-refractivity contribution in [1.82, 2.24) is 4.98 Å². The molecule has 18 heavy (non-hydrogen) atoms. The first-order valence-electron chi connectivity index (χ1n) is 6.03. The number of hydrogen-bond acceptors (Lipinski definition) is 2. The predicted molar refractivity (Wildman–Crippen MR) is 70.6 cm³/mol. The summed E-state index contributed by atoms with van der Waals surface area (Å²) in [6, 6.07) is 8.46. The molecule has 0 saturated heterocycles. The number of hydrogen-bond donors (Lipinski definition) is 1. The minimum absolute atomic E-state index is 0.267. The van der Waals surface area contributed by atoms with Crippen LogP contribution in [0.2, 0.25) is 0 Å². The topological polar surface area (TPSA) is 38.9 Å². The van der Waals surface area contributed by atoms with Crippen LogP contribution >= 0.6 is 0 Å². The standard InChI is InChI=1S/C15H17FN2/c1-3-15(17,12-5-4-6-14(16)8-12)13-7-11(2)9-18-10-13/h4-10H,3,17H2,1-2H3. The molecule has 1 unspecified atom stereocenters. The van der Waals surface area contributed by atoms with Crippen molar-refractivity contribution >= 4 is 0 Å². The van der Waals surface area contributed by atoms with E-state index >= 15 is 0 Å². The van der Waals surface area contributed by atoms with Gasteiger partial charge in [0, 0.05) is 12.4 Å². The fourth-order valence-electron chi connectivity index (χ4n) is 2.14. The first kappa shape index (κ1) is 12.7. The molecule has 3 heteroatoms. The Morgan fingerprint density at radius 2 is 2.00 bits per heavy atom. The maximum atomic E-state index is 13.4. The molecule has 2 nitrogen and oxygen atoms in total. The number of halogens is 1. The Balaban J connectivity index is 2.54.